The van der Waals surface area contributed by atoms with E-state index in [-0.39, 0.29) is 0 Å². The number of piperidine rings is 1. The molecule has 2 atom stereocenters. The summed E-state index contributed by atoms with van der Waals surface area (Å²) in [6.45, 7) is 7.04. The number of rotatable bonds is 5. The van der Waals surface area contributed by atoms with E-state index in [1.54, 1.807) is 0 Å². The lowest BCUT2D eigenvalue weighted by Crippen LogP contribution is -2.39. The predicted octanol–water partition coefficient (Wildman–Crippen LogP) is 3.78. The molecule has 1 aliphatic rings. The summed E-state index contributed by atoms with van der Waals surface area (Å²) in [6, 6.07) is 9.53. The van der Waals surface area contributed by atoms with Crippen molar-refractivity contribution in [2.24, 2.45) is 5.92 Å². The molecule has 2 rings (SSSR count). The smallest absolute Gasteiger partial charge is 0.0342 e. The number of hydrogen-bond acceptors (Lipinski definition) is 2. The number of benzene rings is 1. The molecule has 0 bridgehead atoms. The monoisotopic (exact) mass is 260 g/mol. The van der Waals surface area contributed by atoms with Crippen molar-refractivity contribution in [2.45, 2.75) is 45.6 Å². The van der Waals surface area contributed by atoms with E-state index in [1.165, 1.54) is 50.0 Å². The van der Waals surface area contributed by atoms with Crippen molar-refractivity contribution in [3.05, 3.63) is 29.8 Å². The predicted molar refractivity (Wildman–Crippen MR) is 83.7 cm³/mol. The lowest BCUT2D eigenvalue weighted by Gasteiger charge is -2.34. The van der Waals surface area contributed by atoms with E-state index in [4.69, 9.17) is 0 Å². The van der Waals surface area contributed by atoms with Crippen LogP contribution >= 0.6 is 0 Å². The molecule has 0 aliphatic carbocycles. The van der Waals surface area contributed by atoms with Gasteiger partial charge in [0.05, 0.1) is 0 Å². The first-order valence-corrected chi connectivity index (χ1v) is 7.73. The molecule has 1 fully saturated rings. The third-order valence-corrected chi connectivity index (χ3v) is 4.25. The summed E-state index contributed by atoms with van der Waals surface area (Å²) in [7, 11) is 2.23. The molecule has 1 saturated heterocycles. The zero-order valence-electron chi connectivity index (χ0n) is 12.7. The first-order valence-electron chi connectivity index (χ1n) is 7.73. The first kappa shape index (κ1) is 14.4. The molecule has 1 N–H and O–H groups in total. The van der Waals surface area contributed by atoms with E-state index in [0.717, 1.165) is 5.92 Å². The SMILES string of the molecule is CCCc1ccc(NC(C)C2CCCN(C)C2)cc1. The average Bonchev–Trinajstić information content (AvgIpc) is 2.41. The van der Waals surface area contributed by atoms with E-state index >= 15 is 0 Å². The Morgan fingerprint density at radius 2 is 2.05 bits per heavy atom. The second-order valence-electron chi connectivity index (χ2n) is 6.04. The van der Waals surface area contributed by atoms with Gasteiger partial charge in [0.25, 0.3) is 0 Å². The Hall–Kier alpha value is -1.02. The Labute approximate surface area is 118 Å². The van der Waals surface area contributed by atoms with Crippen LogP contribution in [0.1, 0.15) is 38.7 Å². The van der Waals surface area contributed by atoms with Crippen molar-refractivity contribution in [1.82, 2.24) is 4.90 Å². The molecule has 2 unspecified atom stereocenters. The van der Waals surface area contributed by atoms with Gasteiger partial charge in [-0.15, -0.1) is 0 Å². The molecule has 0 saturated carbocycles. The molecule has 0 aromatic heterocycles. The summed E-state index contributed by atoms with van der Waals surface area (Å²) in [5.74, 6) is 0.772. The second-order valence-corrected chi connectivity index (χ2v) is 6.04. The maximum absolute atomic E-state index is 3.67. The minimum Gasteiger partial charge on any atom is -0.382 e. The largest absolute Gasteiger partial charge is 0.382 e. The average molecular weight is 260 g/mol. The summed E-state index contributed by atoms with van der Waals surface area (Å²) in [4.78, 5) is 2.46. The maximum Gasteiger partial charge on any atom is 0.0342 e. The molecular formula is C17H28N2. The third-order valence-electron chi connectivity index (χ3n) is 4.25. The molecule has 1 aromatic rings. The number of hydrogen-bond donors (Lipinski definition) is 1. The minimum absolute atomic E-state index is 0.555. The van der Waals surface area contributed by atoms with Crippen molar-refractivity contribution < 1.29 is 0 Å². The Morgan fingerprint density at radius 3 is 2.68 bits per heavy atom. The van der Waals surface area contributed by atoms with Gasteiger partial charge in [-0.1, -0.05) is 25.5 Å². The van der Waals surface area contributed by atoms with E-state index in [1.807, 2.05) is 0 Å². The lowest BCUT2D eigenvalue weighted by atomic mass is 9.91. The van der Waals surface area contributed by atoms with Crippen LogP contribution in [0.5, 0.6) is 0 Å². The summed E-state index contributed by atoms with van der Waals surface area (Å²) >= 11 is 0. The van der Waals surface area contributed by atoms with Crippen LogP contribution < -0.4 is 5.32 Å². The summed E-state index contributed by atoms with van der Waals surface area (Å²) < 4.78 is 0. The first-order chi connectivity index (χ1) is 9.19. The number of likely N-dealkylation sites (tertiary alicyclic amines) is 1. The van der Waals surface area contributed by atoms with E-state index in [0.29, 0.717) is 6.04 Å². The molecule has 1 heterocycles. The summed E-state index contributed by atoms with van der Waals surface area (Å²) in [6.07, 6.45) is 5.09. The molecule has 2 heteroatoms. The third kappa shape index (κ3) is 4.24. The quantitative estimate of drug-likeness (QED) is 0.866. The number of nitrogens with one attached hydrogen (secondary N) is 1. The van der Waals surface area contributed by atoms with Gasteiger partial charge in [0.2, 0.25) is 0 Å². The maximum atomic E-state index is 3.67. The Morgan fingerprint density at radius 1 is 1.32 bits per heavy atom. The van der Waals surface area contributed by atoms with Crippen LogP contribution in [-0.4, -0.2) is 31.1 Å². The summed E-state index contributed by atoms with van der Waals surface area (Å²) in [5, 5.41) is 3.67. The van der Waals surface area contributed by atoms with E-state index in [9.17, 15) is 0 Å². The van der Waals surface area contributed by atoms with Crippen molar-refractivity contribution in [3.63, 3.8) is 0 Å². The Bertz CT molecular complexity index is 371. The summed E-state index contributed by atoms with van der Waals surface area (Å²) in [5.41, 5.74) is 2.71. The zero-order chi connectivity index (χ0) is 13.7. The Balaban J connectivity index is 1.88. The van der Waals surface area contributed by atoms with Crippen LogP contribution in [0.3, 0.4) is 0 Å². The van der Waals surface area contributed by atoms with Gasteiger partial charge in [0, 0.05) is 18.3 Å². The van der Waals surface area contributed by atoms with Gasteiger partial charge in [-0.05, 0) is 63.4 Å². The number of nitrogens with zero attached hydrogens (tertiary/aromatic N) is 1. The lowest BCUT2D eigenvalue weighted by molar-refractivity contribution is 0.197. The molecule has 1 aromatic carbocycles. The minimum atomic E-state index is 0.555. The standard InChI is InChI=1S/C17H28N2/c1-4-6-15-8-10-17(11-9-15)18-14(2)16-7-5-12-19(3)13-16/h8-11,14,16,18H,4-7,12-13H2,1-3H3. The van der Waals surface area contributed by atoms with E-state index < -0.39 is 0 Å². The van der Waals surface area contributed by atoms with Crippen LogP contribution in [0.15, 0.2) is 24.3 Å². The van der Waals surface area contributed by atoms with Gasteiger partial charge in [-0.25, -0.2) is 0 Å². The van der Waals surface area contributed by atoms with Crippen LogP contribution in [-0.2, 0) is 6.42 Å². The van der Waals surface area contributed by atoms with Gasteiger partial charge in [-0.2, -0.15) is 0 Å². The molecule has 19 heavy (non-hydrogen) atoms. The highest BCUT2D eigenvalue weighted by Gasteiger charge is 2.22. The molecule has 1 aliphatic heterocycles. The molecule has 2 nitrogen and oxygen atoms in total. The van der Waals surface area contributed by atoms with Crippen LogP contribution in [0.2, 0.25) is 0 Å². The van der Waals surface area contributed by atoms with Crippen molar-refractivity contribution >= 4 is 5.69 Å². The van der Waals surface area contributed by atoms with Crippen LogP contribution in [0.4, 0.5) is 5.69 Å². The fourth-order valence-corrected chi connectivity index (χ4v) is 3.05. The molecular weight excluding hydrogens is 232 g/mol. The zero-order valence-corrected chi connectivity index (χ0v) is 12.7. The van der Waals surface area contributed by atoms with Gasteiger partial charge in [0.1, 0.15) is 0 Å². The van der Waals surface area contributed by atoms with E-state index in [2.05, 4.69) is 55.4 Å². The number of anilines is 1. The molecule has 106 valence electrons. The Kier molecular flexibility index (Phi) is 5.26. The highest BCUT2D eigenvalue weighted by Crippen LogP contribution is 2.22. The van der Waals surface area contributed by atoms with Gasteiger partial charge < -0.3 is 10.2 Å². The van der Waals surface area contributed by atoms with Crippen molar-refractivity contribution in [2.75, 3.05) is 25.5 Å². The van der Waals surface area contributed by atoms with Gasteiger partial charge in [-0.3, -0.25) is 0 Å². The van der Waals surface area contributed by atoms with Crippen molar-refractivity contribution in [1.29, 1.82) is 0 Å². The highest BCUT2D eigenvalue weighted by atomic mass is 15.1. The molecule has 0 spiro atoms. The second kappa shape index (κ2) is 6.95. The number of aryl methyl sites for hydroxylation is 1. The topological polar surface area (TPSA) is 15.3 Å². The normalized spacial score (nSPS) is 22.2. The van der Waals surface area contributed by atoms with Crippen LogP contribution in [0.25, 0.3) is 0 Å². The van der Waals surface area contributed by atoms with Gasteiger partial charge in [0.15, 0.2) is 0 Å². The fraction of sp³-hybridized carbons (Fsp3) is 0.647. The van der Waals surface area contributed by atoms with Crippen LogP contribution in [0, 0.1) is 5.92 Å². The van der Waals surface area contributed by atoms with Crippen molar-refractivity contribution in [3.8, 4) is 0 Å². The highest BCUT2D eigenvalue weighted by molar-refractivity contribution is 5.45. The van der Waals surface area contributed by atoms with Gasteiger partial charge >= 0.3 is 0 Å². The molecule has 0 radical (unpaired) electrons. The fourth-order valence-electron chi connectivity index (χ4n) is 3.05. The molecule has 0 amide bonds.